The summed E-state index contributed by atoms with van der Waals surface area (Å²) in [5.74, 6) is 0.546. The van der Waals surface area contributed by atoms with Crippen LogP contribution in [0.5, 0.6) is 0 Å². The summed E-state index contributed by atoms with van der Waals surface area (Å²) in [5.41, 5.74) is 5.07. The Morgan fingerprint density at radius 3 is 2.25 bits per heavy atom. The van der Waals surface area contributed by atoms with Crippen molar-refractivity contribution in [2.45, 2.75) is 71.1 Å². The molecule has 0 amide bonds. The van der Waals surface area contributed by atoms with Crippen molar-refractivity contribution in [3.8, 4) is 0 Å². The zero-order valence-electron chi connectivity index (χ0n) is 19.9. The van der Waals surface area contributed by atoms with E-state index < -0.39 is 14.8 Å². The third-order valence-electron chi connectivity index (χ3n) is 6.15. The first-order valence-electron chi connectivity index (χ1n) is 11.4. The quantitative estimate of drug-likeness (QED) is 0.472. The van der Waals surface area contributed by atoms with Crippen LogP contribution in [0.15, 0.2) is 52.7 Å². The van der Waals surface area contributed by atoms with Gasteiger partial charge in [0.25, 0.3) is 0 Å². The molecule has 1 aliphatic rings. The zero-order chi connectivity index (χ0) is 23.4. The van der Waals surface area contributed by atoms with Crippen LogP contribution in [0.1, 0.15) is 57.6 Å². The van der Waals surface area contributed by atoms with E-state index in [0.29, 0.717) is 5.92 Å². The maximum Gasteiger partial charge on any atom is 0.216 e. The molecule has 3 rings (SSSR count). The first-order chi connectivity index (χ1) is 15.0. The molecule has 0 aliphatic heterocycles. The van der Waals surface area contributed by atoms with Gasteiger partial charge in [-0.25, -0.2) is 13.1 Å². The summed E-state index contributed by atoms with van der Waals surface area (Å²) in [7, 11) is -3.29. The fourth-order valence-corrected chi connectivity index (χ4v) is 4.86. The van der Waals surface area contributed by atoms with Gasteiger partial charge in [-0.3, -0.25) is 0 Å². The Morgan fingerprint density at radius 2 is 1.62 bits per heavy atom. The second-order valence-corrected chi connectivity index (χ2v) is 12.3. The van der Waals surface area contributed by atoms with Gasteiger partial charge in [-0.15, -0.1) is 0 Å². The van der Waals surface area contributed by atoms with Gasteiger partial charge in [0.1, 0.15) is 0 Å². The number of benzene rings is 2. The van der Waals surface area contributed by atoms with E-state index in [0.717, 1.165) is 60.4 Å². The van der Waals surface area contributed by atoms with Crippen molar-refractivity contribution >= 4 is 27.1 Å². The second kappa shape index (κ2) is 10.1. The summed E-state index contributed by atoms with van der Waals surface area (Å²) in [6.45, 7) is 10.2. The van der Waals surface area contributed by atoms with E-state index in [9.17, 15) is 8.42 Å². The van der Waals surface area contributed by atoms with Gasteiger partial charge in [0.15, 0.2) is 0 Å². The zero-order valence-corrected chi connectivity index (χ0v) is 20.7. The lowest BCUT2D eigenvalue weighted by Gasteiger charge is -2.31. The number of hydrogen-bond acceptors (Lipinski definition) is 5. The molecule has 2 aromatic rings. The van der Waals surface area contributed by atoms with Gasteiger partial charge in [0, 0.05) is 18.3 Å². The predicted molar refractivity (Wildman–Crippen MR) is 133 cm³/mol. The van der Waals surface area contributed by atoms with Crippen LogP contribution < -0.4 is 10.0 Å². The number of anilines is 1. The molecule has 0 aromatic heterocycles. The van der Waals surface area contributed by atoms with Crippen LogP contribution in [-0.4, -0.2) is 25.8 Å². The highest BCUT2D eigenvalue weighted by Crippen LogP contribution is 2.29. The van der Waals surface area contributed by atoms with Crippen LogP contribution in [0, 0.1) is 19.8 Å². The summed E-state index contributed by atoms with van der Waals surface area (Å²) in [5, 5.41) is 12.3. The lowest BCUT2D eigenvalue weighted by atomic mass is 9.86. The van der Waals surface area contributed by atoms with Crippen molar-refractivity contribution in [1.29, 1.82) is 0 Å². The number of nitrogens with zero attached hydrogens (tertiary/aromatic N) is 2. The maximum atomic E-state index is 12.4. The SMILES string of the molecule is Cc1ccccc1/N=N/c1ccc(NC[C@H]2CC[C@H](NS(=O)(=O)C(C)(C)C)CC2)c(C)c1. The Hall–Kier alpha value is -2.25. The summed E-state index contributed by atoms with van der Waals surface area (Å²) in [4.78, 5) is 0. The lowest BCUT2D eigenvalue weighted by molar-refractivity contribution is 0.322. The summed E-state index contributed by atoms with van der Waals surface area (Å²) >= 11 is 0. The molecule has 0 spiro atoms. The van der Waals surface area contributed by atoms with Gasteiger partial charge in [0.2, 0.25) is 10.0 Å². The van der Waals surface area contributed by atoms with E-state index in [2.05, 4.69) is 33.3 Å². The van der Waals surface area contributed by atoms with Gasteiger partial charge in [-0.2, -0.15) is 10.2 Å². The van der Waals surface area contributed by atoms with Gasteiger partial charge < -0.3 is 5.32 Å². The van der Waals surface area contributed by atoms with E-state index in [-0.39, 0.29) is 6.04 Å². The molecule has 0 radical (unpaired) electrons. The normalized spacial score (nSPS) is 19.9. The first kappa shape index (κ1) is 24.4. The van der Waals surface area contributed by atoms with Crippen LogP contribution in [0.3, 0.4) is 0 Å². The number of rotatable bonds is 7. The van der Waals surface area contributed by atoms with E-state index in [4.69, 9.17) is 0 Å². The molecule has 32 heavy (non-hydrogen) atoms. The van der Waals surface area contributed by atoms with E-state index >= 15 is 0 Å². The average molecular weight is 457 g/mol. The number of aryl methyl sites for hydroxylation is 2. The first-order valence-corrected chi connectivity index (χ1v) is 12.9. The highest BCUT2D eigenvalue weighted by molar-refractivity contribution is 7.90. The molecule has 1 fully saturated rings. The summed E-state index contributed by atoms with van der Waals surface area (Å²) in [6, 6.07) is 14.1. The topological polar surface area (TPSA) is 82.9 Å². The molecule has 1 aliphatic carbocycles. The standard InChI is InChI=1S/C25H36N4O2S/c1-18-8-6-7-9-24(18)28-27-22-14-15-23(19(2)16-22)26-17-20-10-12-21(13-11-20)29-32(30,31)25(3,4)5/h6-9,14-16,20-21,26,29H,10-13,17H2,1-5H3/b28-27+/t20-,21-. The van der Waals surface area contributed by atoms with E-state index in [1.807, 2.05) is 43.3 Å². The molecular formula is C25H36N4O2S. The number of sulfonamides is 1. The Bertz CT molecular complexity index is 1050. The molecule has 0 atom stereocenters. The molecular weight excluding hydrogens is 420 g/mol. The molecule has 0 bridgehead atoms. The second-order valence-electron chi connectivity index (χ2n) is 9.82. The van der Waals surface area contributed by atoms with Crippen molar-refractivity contribution in [2.75, 3.05) is 11.9 Å². The minimum Gasteiger partial charge on any atom is -0.385 e. The molecule has 1 saturated carbocycles. The lowest BCUT2D eigenvalue weighted by Crippen LogP contribution is -2.46. The molecule has 2 aromatic carbocycles. The van der Waals surface area contributed by atoms with Crippen LogP contribution in [-0.2, 0) is 10.0 Å². The molecule has 0 heterocycles. The van der Waals surface area contributed by atoms with Crippen molar-refractivity contribution in [2.24, 2.45) is 16.1 Å². The van der Waals surface area contributed by atoms with Crippen molar-refractivity contribution in [3.05, 3.63) is 53.6 Å². The molecule has 2 N–H and O–H groups in total. The smallest absolute Gasteiger partial charge is 0.216 e. The number of hydrogen-bond donors (Lipinski definition) is 2. The fraction of sp³-hybridized carbons (Fsp3) is 0.520. The fourth-order valence-electron chi connectivity index (χ4n) is 3.83. The minimum atomic E-state index is -3.29. The largest absolute Gasteiger partial charge is 0.385 e. The third-order valence-corrected chi connectivity index (χ3v) is 8.41. The highest BCUT2D eigenvalue weighted by atomic mass is 32.2. The number of nitrogens with one attached hydrogen (secondary N) is 2. The van der Waals surface area contributed by atoms with Crippen LogP contribution in [0.4, 0.5) is 17.1 Å². The summed E-state index contributed by atoms with van der Waals surface area (Å²) < 4.78 is 26.9. The highest BCUT2D eigenvalue weighted by Gasteiger charge is 2.32. The minimum absolute atomic E-state index is 0.0510. The average Bonchev–Trinajstić information content (AvgIpc) is 2.72. The van der Waals surface area contributed by atoms with Gasteiger partial charge >= 0.3 is 0 Å². The summed E-state index contributed by atoms with van der Waals surface area (Å²) in [6.07, 6.45) is 3.82. The van der Waals surface area contributed by atoms with Crippen molar-refractivity contribution in [1.82, 2.24) is 4.72 Å². The van der Waals surface area contributed by atoms with Gasteiger partial charge in [0.05, 0.1) is 16.1 Å². The van der Waals surface area contributed by atoms with Gasteiger partial charge in [-0.05, 0) is 102 Å². The molecule has 6 nitrogen and oxygen atoms in total. The molecule has 174 valence electrons. The van der Waals surface area contributed by atoms with E-state index in [1.165, 1.54) is 0 Å². The van der Waals surface area contributed by atoms with Crippen LogP contribution in [0.25, 0.3) is 0 Å². The monoisotopic (exact) mass is 456 g/mol. The Morgan fingerprint density at radius 1 is 0.938 bits per heavy atom. The molecule has 7 heteroatoms. The van der Waals surface area contributed by atoms with Crippen molar-refractivity contribution in [3.63, 3.8) is 0 Å². The Kier molecular flexibility index (Phi) is 7.72. The van der Waals surface area contributed by atoms with Crippen molar-refractivity contribution < 1.29 is 8.42 Å². The van der Waals surface area contributed by atoms with Crippen LogP contribution in [0.2, 0.25) is 0 Å². The van der Waals surface area contributed by atoms with Crippen LogP contribution >= 0.6 is 0 Å². The Balaban J connectivity index is 1.50. The van der Waals surface area contributed by atoms with E-state index in [1.54, 1.807) is 20.8 Å². The molecule has 0 saturated heterocycles. The predicted octanol–water partition coefficient (Wildman–Crippen LogP) is 6.41. The maximum absolute atomic E-state index is 12.4. The molecule has 0 unspecified atom stereocenters. The number of azo groups is 1. The Labute approximate surface area is 193 Å². The third kappa shape index (κ3) is 6.39. The van der Waals surface area contributed by atoms with Gasteiger partial charge in [-0.1, -0.05) is 18.2 Å².